The van der Waals surface area contributed by atoms with Gasteiger partial charge in [0.25, 0.3) is 0 Å². The van der Waals surface area contributed by atoms with E-state index in [0.29, 0.717) is 23.9 Å². The zero-order valence-electron chi connectivity index (χ0n) is 14.8. The highest BCUT2D eigenvalue weighted by Crippen LogP contribution is 2.33. The molecule has 0 fully saturated rings. The first-order valence-corrected chi connectivity index (χ1v) is 8.41. The van der Waals surface area contributed by atoms with Crippen molar-refractivity contribution in [1.29, 1.82) is 0 Å². The van der Waals surface area contributed by atoms with E-state index in [1.165, 1.54) is 0 Å². The van der Waals surface area contributed by atoms with Crippen molar-refractivity contribution >= 4 is 29.9 Å². The fourth-order valence-corrected chi connectivity index (χ4v) is 2.77. The van der Waals surface area contributed by atoms with Gasteiger partial charge < -0.3 is 20.1 Å². The largest absolute Gasteiger partial charge is 0.496 e. The Kier molecular flexibility index (Phi) is 10.1. The Hall–Kier alpha value is -1.79. The summed E-state index contributed by atoms with van der Waals surface area (Å²) in [4.78, 5) is 12.4. The summed E-state index contributed by atoms with van der Waals surface area (Å²) in [6.45, 7) is 1.35. The van der Waals surface area contributed by atoms with Gasteiger partial charge in [-0.3, -0.25) is 4.79 Å². The van der Waals surface area contributed by atoms with Crippen LogP contribution in [0.5, 0.6) is 5.75 Å². The molecule has 0 radical (unpaired) electrons. The number of rotatable bonds is 9. The molecule has 0 spiro atoms. The van der Waals surface area contributed by atoms with Gasteiger partial charge in [-0.2, -0.15) is 0 Å². The fourth-order valence-electron chi connectivity index (χ4n) is 2.53. The number of hydrogen-bond acceptors (Lipinski definition) is 4. The quantitative estimate of drug-likeness (QED) is 0.636. The van der Waals surface area contributed by atoms with E-state index in [4.69, 9.17) is 21.1 Å². The summed E-state index contributed by atoms with van der Waals surface area (Å²) < 4.78 is 10.4. The molecule has 2 N–H and O–H groups in total. The topological polar surface area (TPSA) is 59.6 Å². The highest BCUT2D eigenvalue weighted by atomic mass is 35.5. The highest BCUT2D eigenvalue weighted by molar-refractivity contribution is 6.31. The van der Waals surface area contributed by atoms with Crippen molar-refractivity contribution in [3.63, 3.8) is 0 Å². The first-order valence-electron chi connectivity index (χ1n) is 8.03. The van der Waals surface area contributed by atoms with Gasteiger partial charge in [0.15, 0.2) is 0 Å². The number of ether oxygens (including phenoxy) is 2. The SMILES string of the molecule is COCCNCC(=O)NC(c1ccccc1Cl)c1ccccc1OC.Cl. The van der Waals surface area contributed by atoms with Crippen LogP contribution < -0.4 is 15.4 Å². The van der Waals surface area contributed by atoms with Crippen LogP contribution in [0.15, 0.2) is 48.5 Å². The average molecular weight is 399 g/mol. The third kappa shape index (κ3) is 6.18. The van der Waals surface area contributed by atoms with Gasteiger partial charge in [0, 0.05) is 24.2 Å². The molecule has 0 saturated carbocycles. The van der Waals surface area contributed by atoms with Crippen LogP contribution in [-0.2, 0) is 9.53 Å². The molecule has 1 unspecified atom stereocenters. The molecule has 0 aliphatic carbocycles. The molecule has 0 aromatic heterocycles. The Morgan fingerprint density at radius 3 is 2.38 bits per heavy atom. The van der Waals surface area contributed by atoms with Crippen LogP contribution in [-0.4, -0.2) is 39.8 Å². The Labute approximate surface area is 165 Å². The maximum atomic E-state index is 12.4. The van der Waals surface area contributed by atoms with E-state index >= 15 is 0 Å². The zero-order chi connectivity index (χ0) is 18.1. The average Bonchev–Trinajstić information content (AvgIpc) is 2.64. The Bertz CT molecular complexity index is 698. The van der Waals surface area contributed by atoms with E-state index in [9.17, 15) is 4.79 Å². The Balaban J connectivity index is 0.00000338. The second-order valence-corrected chi connectivity index (χ2v) is 5.84. The number of carbonyl (C=O) groups is 1. The minimum absolute atomic E-state index is 0. The number of nitrogens with one attached hydrogen (secondary N) is 2. The van der Waals surface area contributed by atoms with Gasteiger partial charge in [-0.15, -0.1) is 12.4 Å². The van der Waals surface area contributed by atoms with Gasteiger partial charge in [-0.05, 0) is 17.7 Å². The molecule has 5 nitrogen and oxygen atoms in total. The standard InChI is InChI=1S/C19H23ClN2O3.ClH/c1-24-12-11-21-13-18(23)22-19(14-7-3-5-9-16(14)20)15-8-4-6-10-17(15)25-2;/h3-10,19,21H,11-13H2,1-2H3,(H,22,23);1H. The van der Waals surface area contributed by atoms with E-state index in [-0.39, 0.29) is 24.9 Å². The number of benzene rings is 2. The van der Waals surface area contributed by atoms with Crippen molar-refractivity contribution in [2.45, 2.75) is 6.04 Å². The molecule has 0 saturated heterocycles. The predicted molar refractivity (Wildman–Crippen MR) is 106 cm³/mol. The molecule has 2 aromatic carbocycles. The van der Waals surface area contributed by atoms with Gasteiger partial charge in [0.2, 0.25) is 5.91 Å². The van der Waals surface area contributed by atoms with Gasteiger partial charge >= 0.3 is 0 Å². The molecule has 2 aromatic rings. The van der Waals surface area contributed by atoms with Crippen LogP contribution in [0.4, 0.5) is 0 Å². The minimum atomic E-state index is -0.401. The van der Waals surface area contributed by atoms with Crippen molar-refractivity contribution < 1.29 is 14.3 Å². The molecular formula is C19H24Cl2N2O3. The first-order chi connectivity index (χ1) is 12.2. The van der Waals surface area contributed by atoms with E-state index in [2.05, 4.69) is 10.6 Å². The second-order valence-electron chi connectivity index (χ2n) is 5.43. The van der Waals surface area contributed by atoms with Gasteiger partial charge in [-0.1, -0.05) is 48.0 Å². The van der Waals surface area contributed by atoms with Crippen LogP contribution in [0.25, 0.3) is 0 Å². The van der Waals surface area contributed by atoms with Crippen LogP contribution in [0, 0.1) is 0 Å². The normalized spacial score (nSPS) is 11.3. The molecule has 2 rings (SSSR count). The van der Waals surface area contributed by atoms with Crippen molar-refractivity contribution in [2.24, 2.45) is 0 Å². The molecule has 0 bridgehead atoms. The minimum Gasteiger partial charge on any atom is -0.496 e. The molecule has 7 heteroatoms. The fraction of sp³-hybridized carbons (Fsp3) is 0.316. The monoisotopic (exact) mass is 398 g/mol. The van der Waals surface area contributed by atoms with Crippen molar-refractivity contribution in [3.05, 3.63) is 64.7 Å². The molecule has 1 amide bonds. The number of amides is 1. The third-order valence-electron chi connectivity index (χ3n) is 3.74. The summed E-state index contributed by atoms with van der Waals surface area (Å²) in [6.07, 6.45) is 0. The maximum absolute atomic E-state index is 12.4. The van der Waals surface area contributed by atoms with E-state index in [0.717, 1.165) is 11.1 Å². The molecule has 0 aliphatic heterocycles. The molecule has 1 atom stereocenters. The summed E-state index contributed by atoms with van der Waals surface area (Å²) in [5.74, 6) is 0.562. The summed E-state index contributed by atoms with van der Waals surface area (Å²) >= 11 is 6.37. The molecule has 142 valence electrons. The number of hydrogen-bond donors (Lipinski definition) is 2. The van der Waals surface area contributed by atoms with E-state index in [1.807, 2.05) is 48.5 Å². The lowest BCUT2D eigenvalue weighted by molar-refractivity contribution is -0.120. The number of halogens is 2. The lowest BCUT2D eigenvalue weighted by Crippen LogP contribution is -2.37. The van der Waals surface area contributed by atoms with Crippen LogP contribution in [0.3, 0.4) is 0 Å². The maximum Gasteiger partial charge on any atom is 0.234 e. The van der Waals surface area contributed by atoms with E-state index in [1.54, 1.807) is 14.2 Å². The van der Waals surface area contributed by atoms with Gasteiger partial charge in [0.05, 0.1) is 26.3 Å². The number of methoxy groups -OCH3 is 2. The van der Waals surface area contributed by atoms with Crippen LogP contribution in [0.2, 0.25) is 5.02 Å². The predicted octanol–water partition coefficient (Wildman–Crippen LogP) is 3.21. The number of carbonyl (C=O) groups excluding carboxylic acids is 1. The summed E-state index contributed by atoms with van der Waals surface area (Å²) in [6, 6.07) is 14.6. The molecule has 26 heavy (non-hydrogen) atoms. The zero-order valence-corrected chi connectivity index (χ0v) is 16.4. The Morgan fingerprint density at radius 1 is 1.08 bits per heavy atom. The van der Waals surface area contributed by atoms with Crippen molar-refractivity contribution in [2.75, 3.05) is 33.9 Å². The van der Waals surface area contributed by atoms with Crippen LogP contribution >= 0.6 is 24.0 Å². The van der Waals surface area contributed by atoms with Crippen LogP contribution in [0.1, 0.15) is 17.2 Å². The summed E-state index contributed by atoms with van der Waals surface area (Å²) in [5.41, 5.74) is 1.67. The van der Waals surface area contributed by atoms with Crippen molar-refractivity contribution in [1.82, 2.24) is 10.6 Å². The molecule has 0 heterocycles. The summed E-state index contributed by atoms with van der Waals surface area (Å²) in [7, 11) is 3.23. The lowest BCUT2D eigenvalue weighted by Gasteiger charge is -2.23. The molecule has 0 aliphatic rings. The Morgan fingerprint density at radius 2 is 1.73 bits per heavy atom. The highest BCUT2D eigenvalue weighted by Gasteiger charge is 2.22. The molecular weight excluding hydrogens is 375 g/mol. The summed E-state index contributed by atoms with van der Waals surface area (Å²) in [5, 5.41) is 6.66. The van der Waals surface area contributed by atoms with Gasteiger partial charge in [0.1, 0.15) is 5.75 Å². The number of para-hydroxylation sites is 1. The second kappa shape index (κ2) is 11.8. The van der Waals surface area contributed by atoms with E-state index < -0.39 is 6.04 Å². The first kappa shape index (κ1) is 22.3. The van der Waals surface area contributed by atoms with Crippen molar-refractivity contribution in [3.8, 4) is 5.75 Å². The smallest absolute Gasteiger partial charge is 0.234 e. The third-order valence-corrected chi connectivity index (χ3v) is 4.08. The van der Waals surface area contributed by atoms with Gasteiger partial charge in [-0.25, -0.2) is 0 Å². The lowest BCUT2D eigenvalue weighted by atomic mass is 9.97.